The molecule has 0 saturated carbocycles. The van der Waals surface area contributed by atoms with Crippen LogP contribution in [-0.2, 0) is 4.79 Å². The molecule has 0 aliphatic rings. The van der Waals surface area contributed by atoms with Crippen LogP contribution in [0.3, 0.4) is 0 Å². The maximum atomic E-state index is 11.9. The van der Waals surface area contributed by atoms with Crippen LogP contribution in [0.1, 0.15) is 15.9 Å². The van der Waals surface area contributed by atoms with Gasteiger partial charge >= 0.3 is 0 Å². The lowest BCUT2D eigenvalue weighted by Gasteiger charge is -2.11. The summed E-state index contributed by atoms with van der Waals surface area (Å²) >= 11 is 8.47. The van der Waals surface area contributed by atoms with Gasteiger partial charge in [0.25, 0.3) is 5.91 Å². The average Bonchev–Trinajstić information content (AvgIpc) is 2.56. The standard InChI is InChI=1S/C17H16BrN3O3S/c1-10-8-13(6-7-14(10)18)24-9-15(22)21-17(25)20-12-4-2-11(3-5-12)16(19)23/h2-8H,9H2,1H3,(H2,19,23)(H2,20,21,22,25). The third-order valence-corrected chi connectivity index (χ3v) is 4.27. The first kappa shape index (κ1) is 18.9. The van der Waals surface area contributed by atoms with Crippen molar-refractivity contribution in [1.29, 1.82) is 0 Å². The fourth-order valence-corrected chi connectivity index (χ4v) is 2.38. The first-order valence-electron chi connectivity index (χ1n) is 7.25. The van der Waals surface area contributed by atoms with Gasteiger partial charge in [0.05, 0.1) is 0 Å². The molecular weight excluding hydrogens is 406 g/mol. The summed E-state index contributed by atoms with van der Waals surface area (Å²) in [7, 11) is 0. The number of anilines is 1. The van der Waals surface area contributed by atoms with Crippen molar-refractivity contribution in [3.05, 3.63) is 58.1 Å². The lowest BCUT2D eigenvalue weighted by atomic mass is 10.2. The van der Waals surface area contributed by atoms with Gasteiger partial charge in [0, 0.05) is 15.7 Å². The molecule has 0 heterocycles. The van der Waals surface area contributed by atoms with E-state index in [2.05, 4.69) is 26.6 Å². The smallest absolute Gasteiger partial charge is 0.264 e. The van der Waals surface area contributed by atoms with Crippen molar-refractivity contribution in [1.82, 2.24) is 5.32 Å². The second-order valence-corrected chi connectivity index (χ2v) is 6.41. The third kappa shape index (κ3) is 5.84. The molecule has 4 N–H and O–H groups in total. The van der Waals surface area contributed by atoms with E-state index < -0.39 is 5.91 Å². The summed E-state index contributed by atoms with van der Waals surface area (Å²) in [6.45, 7) is 1.77. The van der Waals surface area contributed by atoms with Gasteiger partial charge in [-0.25, -0.2) is 0 Å². The molecule has 0 aromatic heterocycles. The Morgan fingerprint density at radius 2 is 1.88 bits per heavy atom. The lowest BCUT2D eigenvalue weighted by molar-refractivity contribution is -0.121. The van der Waals surface area contributed by atoms with E-state index in [4.69, 9.17) is 22.7 Å². The molecule has 0 fully saturated rings. The molecule has 8 heteroatoms. The number of hydrogen-bond acceptors (Lipinski definition) is 4. The number of aryl methyl sites for hydroxylation is 1. The first-order valence-corrected chi connectivity index (χ1v) is 8.45. The number of primary amides is 1. The van der Waals surface area contributed by atoms with E-state index in [1.807, 2.05) is 19.1 Å². The summed E-state index contributed by atoms with van der Waals surface area (Å²) in [5, 5.41) is 5.49. The predicted octanol–water partition coefficient (Wildman–Crippen LogP) is 2.75. The van der Waals surface area contributed by atoms with Crippen LogP contribution in [0.2, 0.25) is 0 Å². The molecule has 0 atom stereocenters. The Morgan fingerprint density at radius 3 is 2.48 bits per heavy atom. The molecule has 6 nitrogen and oxygen atoms in total. The van der Waals surface area contributed by atoms with Gasteiger partial charge in [-0.1, -0.05) is 15.9 Å². The number of benzene rings is 2. The molecule has 2 amide bonds. The molecule has 0 aliphatic carbocycles. The van der Waals surface area contributed by atoms with Crippen molar-refractivity contribution in [3.8, 4) is 5.75 Å². The van der Waals surface area contributed by atoms with Gasteiger partial charge < -0.3 is 15.8 Å². The largest absolute Gasteiger partial charge is 0.484 e. The van der Waals surface area contributed by atoms with Crippen molar-refractivity contribution in [2.45, 2.75) is 6.92 Å². The molecule has 0 bridgehead atoms. The zero-order valence-corrected chi connectivity index (χ0v) is 15.7. The number of hydrogen-bond donors (Lipinski definition) is 3. The molecule has 0 unspecified atom stereocenters. The van der Waals surface area contributed by atoms with Crippen molar-refractivity contribution in [2.75, 3.05) is 11.9 Å². The van der Waals surface area contributed by atoms with Crippen LogP contribution in [0.15, 0.2) is 46.9 Å². The molecule has 0 spiro atoms. The van der Waals surface area contributed by atoms with Gasteiger partial charge in [-0.2, -0.15) is 0 Å². The summed E-state index contributed by atoms with van der Waals surface area (Å²) in [6.07, 6.45) is 0. The highest BCUT2D eigenvalue weighted by Crippen LogP contribution is 2.21. The summed E-state index contributed by atoms with van der Waals surface area (Å²) < 4.78 is 6.39. The maximum absolute atomic E-state index is 11.9. The second-order valence-electron chi connectivity index (χ2n) is 5.14. The number of amides is 2. The third-order valence-electron chi connectivity index (χ3n) is 3.18. The molecule has 25 heavy (non-hydrogen) atoms. The van der Waals surface area contributed by atoms with Gasteiger partial charge in [0.2, 0.25) is 5.91 Å². The van der Waals surface area contributed by atoms with E-state index in [1.54, 1.807) is 30.3 Å². The van der Waals surface area contributed by atoms with Crippen molar-refractivity contribution in [2.24, 2.45) is 5.73 Å². The van der Waals surface area contributed by atoms with Crippen LogP contribution in [0.5, 0.6) is 5.75 Å². The summed E-state index contributed by atoms with van der Waals surface area (Å²) in [5.74, 6) is -0.300. The Hall–Kier alpha value is -2.45. The van der Waals surface area contributed by atoms with Crippen molar-refractivity contribution < 1.29 is 14.3 Å². The fraction of sp³-hybridized carbons (Fsp3) is 0.118. The first-order chi connectivity index (χ1) is 11.8. The molecule has 0 saturated heterocycles. The predicted molar refractivity (Wildman–Crippen MR) is 104 cm³/mol. The van der Waals surface area contributed by atoms with Crippen LogP contribution in [0.25, 0.3) is 0 Å². The fourth-order valence-electron chi connectivity index (χ4n) is 1.90. The highest BCUT2D eigenvalue weighted by molar-refractivity contribution is 9.10. The van der Waals surface area contributed by atoms with Gasteiger partial charge in [0.15, 0.2) is 11.7 Å². The van der Waals surface area contributed by atoms with Crippen LogP contribution in [-0.4, -0.2) is 23.5 Å². The molecule has 130 valence electrons. The Labute approximate surface area is 158 Å². The van der Waals surface area contributed by atoms with E-state index >= 15 is 0 Å². The maximum Gasteiger partial charge on any atom is 0.264 e. The number of nitrogens with two attached hydrogens (primary N) is 1. The van der Waals surface area contributed by atoms with Crippen LogP contribution in [0.4, 0.5) is 5.69 Å². The number of thiocarbonyl (C=S) groups is 1. The number of halogens is 1. The molecule has 2 aromatic carbocycles. The summed E-state index contributed by atoms with van der Waals surface area (Å²) in [4.78, 5) is 22.9. The SMILES string of the molecule is Cc1cc(OCC(=O)NC(=S)Nc2ccc(C(N)=O)cc2)ccc1Br. The lowest BCUT2D eigenvalue weighted by Crippen LogP contribution is -2.37. The molecule has 0 radical (unpaired) electrons. The van der Waals surface area contributed by atoms with Crippen LogP contribution < -0.4 is 21.1 Å². The summed E-state index contributed by atoms with van der Waals surface area (Å²) in [5.41, 5.74) is 7.19. The Balaban J connectivity index is 1.82. The highest BCUT2D eigenvalue weighted by atomic mass is 79.9. The van der Waals surface area contributed by atoms with E-state index in [-0.39, 0.29) is 17.6 Å². The average molecular weight is 422 g/mol. The Bertz CT molecular complexity index is 809. The van der Waals surface area contributed by atoms with Crippen LogP contribution in [0, 0.1) is 6.92 Å². The Morgan fingerprint density at radius 1 is 1.20 bits per heavy atom. The van der Waals surface area contributed by atoms with Crippen molar-refractivity contribution >= 4 is 50.8 Å². The molecule has 2 aromatic rings. The van der Waals surface area contributed by atoms with Gasteiger partial charge in [0.1, 0.15) is 5.75 Å². The number of carbonyl (C=O) groups is 2. The number of rotatable bonds is 5. The van der Waals surface area contributed by atoms with Crippen molar-refractivity contribution in [3.63, 3.8) is 0 Å². The second kappa shape index (κ2) is 8.59. The minimum Gasteiger partial charge on any atom is -0.484 e. The number of ether oxygens (including phenoxy) is 1. The Kier molecular flexibility index (Phi) is 6.49. The van der Waals surface area contributed by atoms with Gasteiger partial charge in [-0.15, -0.1) is 0 Å². The minimum atomic E-state index is -0.511. The van der Waals surface area contributed by atoms with Gasteiger partial charge in [-0.05, 0) is 67.2 Å². The molecular formula is C17H16BrN3O3S. The van der Waals surface area contributed by atoms with Gasteiger partial charge in [-0.3, -0.25) is 14.9 Å². The van der Waals surface area contributed by atoms with E-state index in [9.17, 15) is 9.59 Å². The zero-order valence-electron chi connectivity index (χ0n) is 13.3. The quantitative estimate of drug-likeness (QED) is 0.645. The monoisotopic (exact) mass is 421 g/mol. The normalized spacial score (nSPS) is 10.0. The highest BCUT2D eigenvalue weighted by Gasteiger charge is 2.07. The topological polar surface area (TPSA) is 93.4 Å². The van der Waals surface area contributed by atoms with E-state index in [0.29, 0.717) is 17.0 Å². The van der Waals surface area contributed by atoms with Crippen LogP contribution >= 0.6 is 28.1 Å². The zero-order chi connectivity index (χ0) is 18.4. The molecule has 2 rings (SSSR count). The number of nitrogens with one attached hydrogen (secondary N) is 2. The van der Waals surface area contributed by atoms with E-state index in [1.165, 1.54) is 0 Å². The minimum absolute atomic E-state index is 0.132. The summed E-state index contributed by atoms with van der Waals surface area (Å²) in [6, 6.07) is 11.8. The number of carbonyl (C=O) groups excluding carboxylic acids is 2. The molecule has 0 aliphatic heterocycles. The van der Waals surface area contributed by atoms with E-state index in [0.717, 1.165) is 10.0 Å².